The Morgan fingerprint density at radius 3 is 2.41 bits per heavy atom. The number of furan rings is 1. The molecule has 0 spiro atoms. The number of anilines is 1. The summed E-state index contributed by atoms with van der Waals surface area (Å²) in [4.78, 5) is 28.8. The second-order valence-corrected chi connectivity index (χ2v) is 9.68. The Bertz CT molecular complexity index is 1600. The van der Waals surface area contributed by atoms with E-state index in [1.165, 1.54) is 25.2 Å². The van der Waals surface area contributed by atoms with E-state index in [0.29, 0.717) is 44.5 Å². The van der Waals surface area contributed by atoms with Gasteiger partial charge in [-0.05, 0) is 67.9 Å². The van der Waals surface area contributed by atoms with Gasteiger partial charge in [0, 0.05) is 22.2 Å². The number of methoxy groups -OCH3 is 2. The zero-order chi connectivity index (χ0) is 27.8. The summed E-state index contributed by atoms with van der Waals surface area (Å²) < 4.78 is 22.3. The Morgan fingerprint density at radius 1 is 1.00 bits per heavy atom. The molecule has 200 valence electrons. The number of benzene rings is 3. The first-order valence-electron chi connectivity index (χ1n) is 12.2. The van der Waals surface area contributed by atoms with Gasteiger partial charge in [0.15, 0.2) is 22.9 Å². The molecular formula is C30H26ClNO7. The van der Waals surface area contributed by atoms with Gasteiger partial charge < -0.3 is 23.7 Å². The van der Waals surface area contributed by atoms with E-state index in [0.717, 1.165) is 0 Å². The SMILES string of the molecule is COc1cccc(C2C(C(=O)c3cc4cc(Cl)cc(OC)c4o3)=C(O)C(=O)N2c2ccc(OC(C)C)cc2)c1. The molecule has 1 aromatic heterocycles. The van der Waals surface area contributed by atoms with E-state index in [-0.39, 0.29) is 17.4 Å². The van der Waals surface area contributed by atoms with Gasteiger partial charge in [-0.25, -0.2) is 0 Å². The summed E-state index contributed by atoms with van der Waals surface area (Å²) >= 11 is 6.19. The normalized spacial score (nSPS) is 15.4. The van der Waals surface area contributed by atoms with E-state index in [2.05, 4.69) is 0 Å². The predicted octanol–water partition coefficient (Wildman–Crippen LogP) is 6.67. The molecule has 0 fully saturated rings. The van der Waals surface area contributed by atoms with E-state index in [1.54, 1.807) is 60.7 Å². The zero-order valence-electron chi connectivity index (χ0n) is 21.7. The van der Waals surface area contributed by atoms with Gasteiger partial charge in [-0.1, -0.05) is 23.7 Å². The third kappa shape index (κ3) is 4.79. The second kappa shape index (κ2) is 10.4. The van der Waals surface area contributed by atoms with Crippen molar-refractivity contribution in [3.63, 3.8) is 0 Å². The van der Waals surface area contributed by atoms with Gasteiger partial charge in [-0.15, -0.1) is 0 Å². The van der Waals surface area contributed by atoms with Crippen LogP contribution in [0.2, 0.25) is 5.02 Å². The number of fused-ring (bicyclic) bond motifs is 1. The molecule has 4 aromatic rings. The van der Waals surface area contributed by atoms with Gasteiger partial charge >= 0.3 is 0 Å². The molecule has 1 aliphatic rings. The molecule has 8 nitrogen and oxygen atoms in total. The van der Waals surface area contributed by atoms with E-state index >= 15 is 0 Å². The van der Waals surface area contributed by atoms with Crippen molar-refractivity contribution in [2.24, 2.45) is 0 Å². The molecule has 0 saturated heterocycles. The van der Waals surface area contributed by atoms with Crippen LogP contribution in [-0.2, 0) is 4.79 Å². The van der Waals surface area contributed by atoms with Crippen molar-refractivity contribution < 1.29 is 33.3 Å². The van der Waals surface area contributed by atoms with Gasteiger partial charge in [0.2, 0.25) is 5.78 Å². The van der Waals surface area contributed by atoms with Crippen molar-refractivity contribution in [3.05, 3.63) is 94.4 Å². The molecule has 0 radical (unpaired) electrons. The van der Waals surface area contributed by atoms with Crippen LogP contribution in [0.3, 0.4) is 0 Å². The van der Waals surface area contributed by atoms with Gasteiger partial charge in [0.05, 0.1) is 31.9 Å². The minimum atomic E-state index is -0.962. The number of ketones is 1. The number of halogens is 1. The van der Waals surface area contributed by atoms with Crippen LogP contribution in [0.1, 0.15) is 36.0 Å². The molecule has 0 aliphatic carbocycles. The van der Waals surface area contributed by atoms with Crippen molar-refractivity contribution >= 4 is 39.9 Å². The number of carbonyl (C=O) groups is 2. The van der Waals surface area contributed by atoms with Crippen LogP contribution in [0.4, 0.5) is 5.69 Å². The minimum absolute atomic E-state index is 0.0268. The van der Waals surface area contributed by atoms with Crippen LogP contribution in [-0.4, -0.2) is 37.1 Å². The average Bonchev–Trinajstić information content (AvgIpc) is 3.47. The third-order valence-electron chi connectivity index (χ3n) is 6.34. The summed E-state index contributed by atoms with van der Waals surface area (Å²) in [6.45, 7) is 3.83. The highest BCUT2D eigenvalue weighted by molar-refractivity contribution is 6.31. The van der Waals surface area contributed by atoms with Gasteiger partial charge in [-0.3, -0.25) is 14.5 Å². The molecule has 0 saturated carbocycles. The van der Waals surface area contributed by atoms with Gasteiger partial charge in [0.25, 0.3) is 5.91 Å². The van der Waals surface area contributed by atoms with Crippen LogP contribution in [0, 0.1) is 0 Å². The average molecular weight is 548 g/mol. The van der Waals surface area contributed by atoms with Crippen molar-refractivity contribution in [2.45, 2.75) is 26.0 Å². The predicted molar refractivity (Wildman–Crippen MR) is 147 cm³/mol. The maximum absolute atomic E-state index is 13.9. The number of aliphatic hydroxyl groups excluding tert-OH is 1. The maximum atomic E-state index is 13.9. The van der Waals surface area contributed by atoms with Crippen LogP contribution in [0.5, 0.6) is 17.2 Å². The summed E-state index contributed by atoms with van der Waals surface area (Å²) in [5, 5.41) is 12.0. The van der Waals surface area contributed by atoms with E-state index in [4.69, 9.17) is 30.2 Å². The van der Waals surface area contributed by atoms with Crippen LogP contribution in [0.25, 0.3) is 11.0 Å². The Balaban J connectivity index is 1.63. The number of rotatable bonds is 8. The minimum Gasteiger partial charge on any atom is -0.503 e. The second-order valence-electron chi connectivity index (χ2n) is 9.24. The summed E-state index contributed by atoms with van der Waals surface area (Å²) in [5.41, 5.74) is 1.23. The lowest BCUT2D eigenvalue weighted by molar-refractivity contribution is -0.117. The molecule has 1 N–H and O–H groups in total. The largest absolute Gasteiger partial charge is 0.503 e. The topological polar surface area (TPSA) is 98.4 Å². The lowest BCUT2D eigenvalue weighted by atomic mass is 9.94. The number of carbonyl (C=O) groups excluding carboxylic acids is 2. The van der Waals surface area contributed by atoms with Gasteiger partial charge in [-0.2, -0.15) is 0 Å². The quantitative estimate of drug-likeness (QED) is 0.246. The number of amides is 1. The molecule has 9 heteroatoms. The number of Topliss-reactive ketones (excluding diaryl/α,β-unsaturated/α-hetero) is 1. The first-order valence-corrected chi connectivity index (χ1v) is 12.6. The Hall–Kier alpha value is -4.43. The number of ether oxygens (including phenoxy) is 3. The summed E-state index contributed by atoms with van der Waals surface area (Å²) in [5.74, 6) is -0.600. The zero-order valence-corrected chi connectivity index (χ0v) is 22.5. The molecule has 1 aliphatic heterocycles. The number of hydrogen-bond donors (Lipinski definition) is 1. The highest BCUT2D eigenvalue weighted by Gasteiger charge is 2.45. The third-order valence-corrected chi connectivity index (χ3v) is 6.56. The van der Waals surface area contributed by atoms with E-state index < -0.39 is 23.5 Å². The molecule has 3 aromatic carbocycles. The first-order chi connectivity index (χ1) is 18.7. The number of hydrogen-bond acceptors (Lipinski definition) is 7. The van der Waals surface area contributed by atoms with Crippen molar-refractivity contribution in [3.8, 4) is 17.2 Å². The Labute approximate surface area is 229 Å². The van der Waals surface area contributed by atoms with Crippen molar-refractivity contribution in [1.82, 2.24) is 0 Å². The molecule has 0 bridgehead atoms. The summed E-state index contributed by atoms with van der Waals surface area (Å²) in [6.07, 6.45) is -0.0268. The Kier molecular flexibility index (Phi) is 6.97. The molecule has 1 amide bonds. The molecule has 5 rings (SSSR count). The summed E-state index contributed by atoms with van der Waals surface area (Å²) in [7, 11) is 2.99. The van der Waals surface area contributed by atoms with E-state index in [9.17, 15) is 14.7 Å². The highest BCUT2D eigenvalue weighted by Crippen LogP contribution is 2.44. The smallest absolute Gasteiger partial charge is 0.294 e. The number of aliphatic hydroxyl groups is 1. The fourth-order valence-electron chi connectivity index (χ4n) is 4.67. The lowest BCUT2D eigenvalue weighted by Crippen LogP contribution is -2.31. The fraction of sp³-hybridized carbons (Fsp3) is 0.200. The lowest BCUT2D eigenvalue weighted by Gasteiger charge is -2.27. The monoisotopic (exact) mass is 547 g/mol. The van der Waals surface area contributed by atoms with Crippen LogP contribution in [0.15, 0.2) is 82.5 Å². The number of nitrogens with zero attached hydrogens (tertiary/aromatic N) is 1. The molecule has 2 heterocycles. The van der Waals surface area contributed by atoms with E-state index in [1.807, 2.05) is 13.8 Å². The molecule has 1 atom stereocenters. The van der Waals surface area contributed by atoms with Crippen LogP contribution < -0.4 is 19.1 Å². The maximum Gasteiger partial charge on any atom is 0.294 e. The van der Waals surface area contributed by atoms with Crippen molar-refractivity contribution in [1.29, 1.82) is 0 Å². The molecule has 1 unspecified atom stereocenters. The Morgan fingerprint density at radius 2 is 1.74 bits per heavy atom. The van der Waals surface area contributed by atoms with Gasteiger partial charge in [0.1, 0.15) is 11.5 Å². The first kappa shape index (κ1) is 26.2. The standard InChI is InChI=1S/C30H26ClNO7/c1-16(2)38-21-10-8-20(9-11-21)32-26(17-6-5-7-22(13-17)36-3)25(28(34)30(32)35)27(33)23-14-18-12-19(31)15-24(37-4)29(18)39-23/h5-16,26,34H,1-4H3. The van der Waals surface area contributed by atoms with Crippen LogP contribution >= 0.6 is 11.6 Å². The van der Waals surface area contributed by atoms with Crippen molar-refractivity contribution in [2.75, 3.05) is 19.1 Å². The fourth-order valence-corrected chi connectivity index (χ4v) is 4.89. The highest BCUT2D eigenvalue weighted by atomic mass is 35.5. The molecule has 39 heavy (non-hydrogen) atoms. The molecular weight excluding hydrogens is 522 g/mol. The summed E-state index contributed by atoms with van der Waals surface area (Å²) in [6, 6.07) is 17.6.